The summed E-state index contributed by atoms with van der Waals surface area (Å²) in [7, 11) is 1.78. The van der Waals surface area contributed by atoms with E-state index in [-0.39, 0.29) is 0 Å². The summed E-state index contributed by atoms with van der Waals surface area (Å²) < 4.78 is 11.1. The Morgan fingerprint density at radius 1 is 1.04 bits per heavy atom. The Bertz CT molecular complexity index is 458. The van der Waals surface area contributed by atoms with Gasteiger partial charge in [-0.3, -0.25) is 4.99 Å². The largest absolute Gasteiger partial charge is 0.492 e. The summed E-state index contributed by atoms with van der Waals surface area (Å²) in [5.74, 6) is 2.26. The molecule has 1 aromatic rings. The van der Waals surface area contributed by atoms with Crippen molar-refractivity contribution in [2.75, 3.05) is 40.0 Å². The smallest absolute Gasteiger partial charge is 0.191 e. The summed E-state index contributed by atoms with van der Waals surface area (Å²) >= 11 is 0. The van der Waals surface area contributed by atoms with Gasteiger partial charge in [-0.25, -0.2) is 0 Å². The highest BCUT2D eigenvalue weighted by Gasteiger charge is 2.00. The third kappa shape index (κ3) is 8.77. The van der Waals surface area contributed by atoms with Crippen molar-refractivity contribution in [1.82, 2.24) is 10.6 Å². The SMILES string of the molecule is CCOCCCCNC(=NC)NCCOc1ccc(C(C)C)cc1. The Morgan fingerprint density at radius 3 is 2.38 bits per heavy atom. The maximum absolute atomic E-state index is 5.74. The van der Waals surface area contributed by atoms with Gasteiger partial charge in [-0.15, -0.1) is 0 Å². The molecule has 24 heavy (non-hydrogen) atoms. The predicted octanol–water partition coefficient (Wildman–Crippen LogP) is 3.17. The van der Waals surface area contributed by atoms with E-state index < -0.39 is 0 Å². The van der Waals surface area contributed by atoms with Gasteiger partial charge in [0.25, 0.3) is 0 Å². The van der Waals surface area contributed by atoms with Crippen LogP contribution in [0.25, 0.3) is 0 Å². The lowest BCUT2D eigenvalue weighted by molar-refractivity contribution is 0.143. The molecule has 0 aliphatic rings. The maximum Gasteiger partial charge on any atom is 0.191 e. The lowest BCUT2D eigenvalue weighted by atomic mass is 10.0. The fourth-order valence-electron chi connectivity index (χ4n) is 2.19. The first-order chi connectivity index (χ1) is 11.7. The molecule has 0 heterocycles. The average Bonchev–Trinajstić information content (AvgIpc) is 2.60. The molecule has 0 fully saturated rings. The number of rotatable bonds is 11. The first-order valence-corrected chi connectivity index (χ1v) is 8.92. The van der Waals surface area contributed by atoms with Crippen LogP contribution < -0.4 is 15.4 Å². The third-order valence-electron chi connectivity index (χ3n) is 3.65. The first-order valence-electron chi connectivity index (χ1n) is 8.92. The van der Waals surface area contributed by atoms with Crippen LogP contribution in [-0.2, 0) is 4.74 Å². The molecule has 0 aliphatic heterocycles. The molecule has 5 heteroatoms. The molecule has 136 valence electrons. The number of unbranched alkanes of at least 4 members (excludes halogenated alkanes) is 1. The van der Waals surface area contributed by atoms with E-state index in [1.165, 1.54) is 5.56 Å². The Labute approximate surface area is 146 Å². The molecule has 0 unspecified atom stereocenters. The zero-order valence-corrected chi connectivity index (χ0v) is 15.6. The minimum atomic E-state index is 0.545. The van der Waals surface area contributed by atoms with E-state index in [4.69, 9.17) is 9.47 Å². The molecule has 0 aliphatic carbocycles. The van der Waals surface area contributed by atoms with Gasteiger partial charge in [-0.2, -0.15) is 0 Å². The number of ether oxygens (including phenoxy) is 2. The third-order valence-corrected chi connectivity index (χ3v) is 3.65. The number of hydrogen-bond acceptors (Lipinski definition) is 3. The van der Waals surface area contributed by atoms with Crippen molar-refractivity contribution >= 4 is 5.96 Å². The zero-order chi connectivity index (χ0) is 17.6. The van der Waals surface area contributed by atoms with Crippen molar-refractivity contribution in [2.24, 2.45) is 4.99 Å². The van der Waals surface area contributed by atoms with E-state index in [1.807, 2.05) is 19.1 Å². The molecular formula is C19H33N3O2. The average molecular weight is 335 g/mol. The molecule has 1 aromatic carbocycles. The zero-order valence-electron chi connectivity index (χ0n) is 15.6. The second-order valence-electron chi connectivity index (χ2n) is 5.90. The van der Waals surface area contributed by atoms with E-state index >= 15 is 0 Å². The summed E-state index contributed by atoms with van der Waals surface area (Å²) in [4.78, 5) is 4.21. The summed E-state index contributed by atoms with van der Waals surface area (Å²) in [6, 6.07) is 8.30. The van der Waals surface area contributed by atoms with Gasteiger partial charge in [0.15, 0.2) is 5.96 Å². The number of hydrogen-bond donors (Lipinski definition) is 2. The van der Waals surface area contributed by atoms with Crippen LogP contribution in [-0.4, -0.2) is 45.9 Å². The minimum absolute atomic E-state index is 0.545. The maximum atomic E-state index is 5.74. The monoisotopic (exact) mass is 335 g/mol. The number of aliphatic imine (C=N–C) groups is 1. The topological polar surface area (TPSA) is 54.9 Å². The Kier molecular flexibility index (Phi) is 10.7. The van der Waals surface area contributed by atoms with Crippen molar-refractivity contribution in [3.8, 4) is 5.75 Å². The van der Waals surface area contributed by atoms with Crippen molar-refractivity contribution in [3.63, 3.8) is 0 Å². The number of nitrogens with zero attached hydrogens (tertiary/aromatic N) is 1. The molecule has 0 amide bonds. The van der Waals surface area contributed by atoms with Crippen LogP contribution in [0.1, 0.15) is 45.1 Å². The van der Waals surface area contributed by atoms with Gasteiger partial charge in [-0.05, 0) is 43.4 Å². The second kappa shape index (κ2) is 12.6. The molecule has 0 radical (unpaired) electrons. The van der Waals surface area contributed by atoms with Crippen LogP contribution in [0.3, 0.4) is 0 Å². The van der Waals surface area contributed by atoms with Gasteiger partial charge in [0.05, 0.1) is 6.54 Å². The van der Waals surface area contributed by atoms with Crippen molar-refractivity contribution in [1.29, 1.82) is 0 Å². The van der Waals surface area contributed by atoms with E-state index in [1.54, 1.807) is 7.05 Å². The fourth-order valence-corrected chi connectivity index (χ4v) is 2.19. The van der Waals surface area contributed by atoms with E-state index in [2.05, 4.69) is 41.6 Å². The lowest BCUT2D eigenvalue weighted by Crippen LogP contribution is -2.39. The number of guanidine groups is 1. The predicted molar refractivity (Wildman–Crippen MR) is 101 cm³/mol. The summed E-state index contributed by atoms with van der Waals surface area (Å²) in [6.07, 6.45) is 2.13. The Hall–Kier alpha value is -1.75. The van der Waals surface area contributed by atoms with Crippen LogP contribution >= 0.6 is 0 Å². The molecule has 0 saturated heterocycles. The quantitative estimate of drug-likeness (QED) is 0.370. The normalized spacial score (nSPS) is 11.6. The molecule has 0 atom stereocenters. The van der Waals surface area contributed by atoms with E-state index in [0.717, 1.165) is 44.3 Å². The van der Waals surface area contributed by atoms with Crippen LogP contribution in [0, 0.1) is 0 Å². The van der Waals surface area contributed by atoms with Crippen LogP contribution in [0.4, 0.5) is 0 Å². The molecule has 0 aromatic heterocycles. The highest BCUT2D eigenvalue weighted by Crippen LogP contribution is 2.18. The molecular weight excluding hydrogens is 302 g/mol. The van der Waals surface area contributed by atoms with Crippen molar-refractivity contribution in [2.45, 2.75) is 39.5 Å². The van der Waals surface area contributed by atoms with Gasteiger partial charge in [0.1, 0.15) is 12.4 Å². The highest BCUT2D eigenvalue weighted by molar-refractivity contribution is 5.79. The van der Waals surface area contributed by atoms with Crippen LogP contribution in [0.5, 0.6) is 5.75 Å². The molecule has 0 saturated carbocycles. The van der Waals surface area contributed by atoms with Gasteiger partial charge < -0.3 is 20.1 Å². The van der Waals surface area contributed by atoms with Gasteiger partial charge in [-0.1, -0.05) is 26.0 Å². The molecule has 5 nitrogen and oxygen atoms in total. The molecule has 0 bridgehead atoms. The summed E-state index contributed by atoms with van der Waals surface area (Å²) in [6.45, 7) is 10.2. The first kappa shape index (κ1) is 20.3. The van der Waals surface area contributed by atoms with E-state index in [0.29, 0.717) is 19.1 Å². The number of benzene rings is 1. The molecule has 1 rings (SSSR count). The lowest BCUT2D eigenvalue weighted by Gasteiger charge is -2.13. The van der Waals surface area contributed by atoms with Gasteiger partial charge in [0, 0.05) is 26.8 Å². The van der Waals surface area contributed by atoms with Gasteiger partial charge in [0.2, 0.25) is 0 Å². The van der Waals surface area contributed by atoms with Crippen LogP contribution in [0.15, 0.2) is 29.3 Å². The Balaban J connectivity index is 2.13. The van der Waals surface area contributed by atoms with E-state index in [9.17, 15) is 0 Å². The second-order valence-corrected chi connectivity index (χ2v) is 5.90. The summed E-state index contributed by atoms with van der Waals surface area (Å²) in [5.41, 5.74) is 1.33. The Morgan fingerprint density at radius 2 is 1.75 bits per heavy atom. The fraction of sp³-hybridized carbons (Fsp3) is 0.632. The van der Waals surface area contributed by atoms with Gasteiger partial charge >= 0.3 is 0 Å². The standard InChI is InChI=1S/C19H33N3O2/c1-5-23-14-7-6-12-21-19(20-4)22-13-15-24-18-10-8-17(9-11-18)16(2)3/h8-11,16H,5-7,12-15H2,1-4H3,(H2,20,21,22). The molecule has 0 spiro atoms. The minimum Gasteiger partial charge on any atom is -0.492 e. The summed E-state index contributed by atoms with van der Waals surface area (Å²) in [5, 5.41) is 6.55. The van der Waals surface area contributed by atoms with Crippen LogP contribution in [0.2, 0.25) is 0 Å². The highest BCUT2D eigenvalue weighted by atomic mass is 16.5. The van der Waals surface area contributed by atoms with Crippen molar-refractivity contribution < 1.29 is 9.47 Å². The molecule has 2 N–H and O–H groups in total. The number of nitrogens with one attached hydrogen (secondary N) is 2. The van der Waals surface area contributed by atoms with Crippen molar-refractivity contribution in [3.05, 3.63) is 29.8 Å².